The summed E-state index contributed by atoms with van der Waals surface area (Å²) in [6, 6.07) is 20.8. The van der Waals surface area contributed by atoms with Crippen LogP contribution in [-0.4, -0.2) is 131 Å². The second-order valence-corrected chi connectivity index (χ2v) is 18.1. The Labute approximate surface area is 402 Å². The maximum atomic E-state index is 14.2. The van der Waals surface area contributed by atoms with Crippen LogP contribution >= 0.6 is 0 Å². The molecule has 1 saturated heterocycles. The monoisotopic (exact) mass is 951 g/mol. The van der Waals surface area contributed by atoms with E-state index in [0.717, 1.165) is 47.5 Å². The number of fused-ring (bicyclic) bond motifs is 4. The van der Waals surface area contributed by atoms with Gasteiger partial charge in [0.2, 0.25) is 41.4 Å². The first-order chi connectivity index (χ1) is 33.2. The lowest BCUT2D eigenvalue weighted by Gasteiger charge is -2.31. The van der Waals surface area contributed by atoms with Crippen molar-refractivity contribution >= 4 is 47.4 Å². The van der Waals surface area contributed by atoms with E-state index in [1.54, 1.807) is 0 Å². The van der Waals surface area contributed by atoms with Crippen LogP contribution in [0.2, 0.25) is 0 Å². The van der Waals surface area contributed by atoms with Crippen LogP contribution in [-0.2, 0) is 51.3 Å². The highest BCUT2D eigenvalue weighted by molar-refractivity contribution is 6.06. The Morgan fingerprint density at radius 2 is 1.49 bits per heavy atom. The Hall–Kier alpha value is -7.02. The lowest BCUT2D eigenvalue weighted by molar-refractivity contribution is -0.143. The molecule has 6 rings (SSSR count). The smallest absolute Gasteiger partial charge is 0.407 e. The number of nitrogens with zero attached hydrogens (tertiary/aromatic N) is 1. The molecule has 0 aromatic heterocycles. The molecule has 1 aliphatic carbocycles. The molecule has 2 unspecified atom stereocenters. The number of ether oxygens (including phenoxy) is 2. The summed E-state index contributed by atoms with van der Waals surface area (Å²) in [7, 11) is 2.08. The number of likely N-dealkylation sites (N-methyl/N-ethyl adjacent to an activating group) is 1. The van der Waals surface area contributed by atoms with E-state index >= 15 is 0 Å². The minimum absolute atomic E-state index is 0.00515. The summed E-state index contributed by atoms with van der Waals surface area (Å²) in [4.78, 5) is 109. The number of amides is 8. The van der Waals surface area contributed by atoms with Gasteiger partial charge in [-0.2, -0.15) is 0 Å². The maximum Gasteiger partial charge on any atom is 0.407 e. The zero-order valence-corrected chi connectivity index (χ0v) is 39.6. The van der Waals surface area contributed by atoms with Crippen molar-refractivity contribution in [3.63, 3.8) is 0 Å². The molecule has 19 nitrogen and oxygen atoms in total. The zero-order valence-electron chi connectivity index (χ0n) is 39.6. The van der Waals surface area contributed by atoms with E-state index in [1.165, 1.54) is 11.1 Å². The van der Waals surface area contributed by atoms with Gasteiger partial charge in [-0.1, -0.05) is 74.5 Å². The number of alkyl carbamates (subject to hydrolysis) is 1. The maximum absolute atomic E-state index is 14.2. The van der Waals surface area contributed by atoms with Crippen molar-refractivity contribution in [3.8, 4) is 16.9 Å². The van der Waals surface area contributed by atoms with E-state index in [2.05, 4.69) is 60.5 Å². The van der Waals surface area contributed by atoms with Gasteiger partial charge in [-0.15, -0.1) is 0 Å². The Kier molecular flexibility index (Phi) is 18.5. The summed E-state index contributed by atoms with van der Waals surface area (Å²) in [6.45, 7) is 3.83. The molecule has 370 valence electrons. The van der Waals surface area contributed by atoms with Crippen LogP contribution in [0.15, 0.2) is 66.7 Å². The summed E-state index contributed by atoms with van der Waals surface area (Å²) < 4.78 is 11.6. The third kappa shape index (κ3) is 14.3. The molecule has 1 fully saturated rings. The lowest BCUT2D eigenvalue weighted by Crippen LogP contribution is -2.62. The molecule has 2 aliphatic heterocycles. The molecule has 0 radical (unpaired) electrons. The number of carbonyl (C=O) groups is 8. The molecule has 3 aliphatic rings. The molecule has 3 aromatic carbocycles. The first-order valence-electron chi connectivity index (χ1n) is 23.7. The summed E-state index contributed by atoms with van der Waals surface area (Å²) in [6.07, 6.45) is 0.224. The number of rotatable bonds is 17. The molecular weight excluding hydrogens is 887 g/mol. The fourth-order valence-corrected chi connectivity index (χ4v) is 8.67. The van der Waals surface area contributed by atoms with Crippen molar-refractivity contribution in [2.75, 3.05) is 72.6 Å². The highest BCUT2D eigenvalue weighted by atomic mass is 16.5. The van der Waals surface area contributed by atoms with Crippen LogP contribution in [0.5, 0.6) is 5.75 Å². The number of carbonyl (C=O) groups excluding carboxylic acids is 8. The zero-order chi connectivity index (χ0) is 49.3. The predicted molar refractivity (Wildman–Crippen MR) is 255 cm³/mol. The molecule has 2 atom stereocenters. The Bertz CT molecular complexity index is 2310. The van der Waals surface area contributed by atoms with Crippen LogP contribution in [0.4, 0.5) is 4.79 Å². The number of benzene rings is 3. The van der Waals surface area contributed by atoms with Gasteiger partial charge < -0.3 is 56.9 Å². The van der Waals surface area contributed by atoms with Gasteiger partial charge in [-0.05, 0) is 71.7 Å². The highest BCUT2D eigenvalue weighted by Gasteiger charge is 2.46. The Balaban J connectivity index is 1.06. The standard InChI is InChI=1S/C50H65N9O10/c1-32(2)26-40-46(64)52-21-16-43(61)56-30-50(48(66)54-23-18-44(62)58-40,47(65)53-22-17-42(60)51-20-9-25-68-41-15-8-10-33-28-59(3)24-19-34(33)41)31-57-45(63)27-55-49(67)69-29-39-37-13-6-4-11-35(37)36-12-5-7-14-38(36)39/h4-8,10-15,32,39-40H,9,16-31H2,1-3H3,(H,51,60)(H,52,64)(H,53,65)(H,54,66)(H,55,67)(H,56,61)(H,57,63)(H,58,62). The first kappa shape index (κ1) is 51.4. The van der Waals surface area contributed by atoms with Crippen molar-refractivity contribution in [1.82, 2.24) is 47.4 Å². The van der Waals surface area contributed by atoms with Crippen LogP contribution in [0.25, 0.3) is 11.1 Å². The topological polar surface area (TPSA) is 254 Å². The minimum atomic E-state index is -2.21. The van der Waals surface area contributed by atoms with E-state index in [0.29, 0.717) is 26.0 Å². The summed E-state index contributed by atoms with van der Waals surface area (Å²) in [5.74, 6) is -3.97. The minimum Gasteiger partial charge on any atom is -0.493 e. The van der Waals surface area contributed by atoms with Gasteiger partial charge in [0.05, 0.1) is 13.2 Å². The Morgan fingerprint density at radius 1 is 0.783 bits per heavy atom. The molecule has 2 heterocycles. The SMILES string of the molecule is CC(C)CC1NC(=O)CCNC(=O)C(CNC(=O)CNC(=O)OCC2c3ccccc3-c3ccccc32)(C(=O)NCCC(=O)NCCCOc2cccc3c2CCN(C)C3)CNC(=O)CCNC1=O. The van der Waals surface area contributed by atoms with E-state index in [4.69, 9.17) is 9.47 Å². The Morgan fingerprint density at radius 3 is 2.23 bits per heavy atom. The highest BCUT2D eigenvalue weighted by Crippen LogP contribution is 2.44. The first-order valence-corrected chi connectivity index (χ1v) is 23.7. The lowest BCUT2D eigenvalue weighted by atomic mass is 9.84. The van der Waals surface area contributed by atoms with E-state index in [-0.39, 0.29) is 63.2 Å². The van der Waals surface area contributed by atoms with E-state index < -0.39 is 72.6 Å². The molecule has 0 bridgehead atoms. The summed E-state index contributed by atoms with van der Waals surface area (Å²) in [5.41, 5.74) is 4.33. The number of nitrogens with one attached hydrogen (secondary N) is 8. The van der Waals surface area contributed by atoms with Crippen molar-refractivity contribution in [2.45, 2.75) is 70.9 Å². The largest absolute Gasteiger partial charge is 0.493 e. The molecule has 0 spiro atoms. The van der Waals surface area contributed by atoms with Crippen LogP contribution in [0.3, 0.4) is 0 Å². The van der Waals surface area contributed by atoms with Crippen molar-refractivity contribution in [3.05, 3.63) is 89.0 Å². The molecule has 69 heavy (non-hydrogen) atoms. The summed E-state index contributed by atoms with van der Waals surface area (Å²) >= 11 is 0. The van der Waals surface area contributed by atoms with Gasteiger partial charge in [-0.25, -0.2) is 4.79 Å². The van der Waals surface area contributed by atoms with Gasteiger partial charge in [0.1, 0.15) is 18.4 Å². The molecule has 3 aromatic rings. The van der Waals surface area contributed by atoms with Crippen LogP contribution in [0.1, 0.15) is 74.1 Å². The van der Waals surface area contributed by atoms with Gasteiger partial charge in [-0.3, -0.25) is 33.6 Å². The molecular formula is C50H65N9O10. The second-order valence-electron chi connectivity index (χ2n) is 18.1. The molecule has 0 saturated carbocycles. The quantitative estimate of drug-likeness (QED) is 0.0709. The van der Waals surface area contributed by atoms with Crippen molar-refractivity contribution < 1.29 is 47.8 Å². The van der Waals surface area contributed by atoms with Gasteiger partial charge in [0.25, 0.3) is 0 Å². The van der Waals surface area contributed by atoms with Gasteiger partial charge >= 0.3 is 6.09 Å². The van der Waals surface area contributed by atoms with E-state index in [9.17, 15) is 38.4 Å². The summed E-state index contributed by atoms with van der Waals surface area (Å²) in [5, 5.41) is 20.9. The van der Waals surface area contributed by atoms with Gasteiger partial charge in [0, 0.05) is 77.5 Å². The van der Waals surface area contributed by atoms with Crippen molar-refractivity contribution in [2.24, 2.45) is 11.3 Å². The van der Waals surface area contributed by atoms with Crippen LogP contribution in [0, 0.1) is 11.3 Å². The number of hydrogen-bond donors (Lipinski definition) is 8. The molecule has 19 heteroatoms. The normalized spacial score (nSPS) is 18.9. The predicted octanol–water partition coefficient (Wildman–Crippen LogP) is 1.38. The number of hydrogen-bond acceptors (Lipinski definition) is 11. The van der Waals surface area contributed by atoms with Crippen molar-refractivity contribution in [1.29, 1.82) is 0 Å². The third-order valence-corrected chi connectivity index (χ3v) is 12.4. The van der Waals surface area contributed by atoms with Crippen LogP contribution < -0.4 is 47.3 Å². The average molecular weight is 952 g/mol. The third-order valence-electron chi connectivity index (χ3n) is 12.4. The van der Waals surface area contributed by atoms with E-state index in [1.807, 2.05) is 74.5 Å². The second kappa shape index (κ2) is 24.8. The molecule has 8 amide bonds. The van der Waals surface area contributed by atoms with Gasteiger partial charge in [0.15, 0.2) is 5.41 Å². The molecule has 8 N–H and O–H groups in total. The fraction of sp³-hybridized carbons (Fsp3) is 0.480. The average Bonchev–Trinajstić information content (AvgIpc) is 3.65. The fourth-order valence-electron chi connectivity index (χ4n) is 8.67.